The maximum Gasteiger partial charge on any atom is 0.309 e. The fourth-order valence-corrected chi connectivity index (χ4v) is 2.77. The molecule has 2 N–H and O–H groups in total. The Morgan fingerprint density at radius 3 is 2.08 bits per heavy atom. The molecule has 0 aromatic rings. The molecule has 8 nitrogen and oxygen atoms in total. The number of carbonyl (C=O) groups excluding carboxylic acids is 2. The topological polar surface area (TPSA) is 112 Å². The Balaban J connectivity index is 2.65. The molecular formula is C16H28O8. The first kappa shape index (κ1) is 20.8. The van der Waals surface area contributed by atoms with Gasteiger partial charge in [-0.05, 0) is 26.7 Å². The third-order valence-corrected chi connectivity index (χ3v) is 3.87. The minimum atomic E-state index is -0.872. The standard InChI is InChI=1S/C16H28O8/c1-3-22-15(19)11-9-13(18)14(24-8-7-21-6-5-17)10-12(11)16(20)23-4-2/h11-14,17-18H,3-10H2,1-2H3/t11-,12-,13+,14+/m1/s1. The van der Waals surface area contributed by atoms with Crippen LogP contribution in [0.1, 0.15) is 26.7 Å². The van der Waals surface area contributed by atoms with Crippen LogP contribution in [0.25, 0.3) is 0 Å². The monoisotopic (exact) mass is 348 g/mol. The van der Waals surface area contributed by atoms with Gasteiger partial charge in [-0.3, -0.25) is 9.59 Å². The fraction of sp³-hybridized carbons (Fsp3) is 0.875. The highest BCUT2D eigenvalue weighted by Crippen LogP contribution is 2.34. The van der Waals surface area contributed by atoms with Crippen LogP contribution in [-0.4, -0.2) is 74.0 Å². The Morgan fingerprint density at radius 1 is 0.958 bits per heavy atom. The van der Waals surface area contributed by atoms with Crippen molar-refractivity contribution >= 4 is 11.9 Å². The van der Waals surface area contributed by atoms with Gasteiger partial charge in [0.2, 0.25) is 0 Å². The summed E-state index contributed by atoms with van der Waals surface area (Å²) in [6, 6.07) is 0. The second kappa shape index (κ2) is 11.4. The number of hydrogen-bond donors (Lipinski definition) is 2. The van der Waals surface area contributed by atoms with E-state index in [4.69, 9.17) is 24.1 Å². The first-order valence-electron chi connectivity index (χ1n) is 8.36. The molecule has 0 amide bonds. The van der Waals surface area contributed by atoms with Gasteiger partial charge in [0.1, 0.15) is 0 Å². The minimum Gasteiger partial charge on any atom is -0.466 e. The predicted molar refractivity (Wildman–Crippen MR) is 83.1 cm³/mol. The Hall–Kier alpha value is -1.22. The molecule has 4 atom stereocenters. The van der Waals surface area contributed by atoms with Crippen LogP contribution in [0.15, 0.2) is 0 Å². The van der Waals surface area contributed by atoms with Crippen molar-refractivity contribution in [3.8, 4) is 0 Å². The molecule has 0 spiro atoms. The first-order chi connectivity index (χ1) is 11.5. The van der Waals surface area contributed by atoms with Crippen molar-refractivity contribution in [1.82, 2.24) is 0 Å². The van der Waals surface area contributed by atoms with Crippen LogP contribution >= 0.6 is 0 Å². The van der Waals surface area contributed by atoms with Gasteiger partial charge < -0.3 is 29.2 Å². The van der Waals surface area contributed by atoms with Crippen molar-refractivity contribution in [3.63, 3.8) is 0 Å². The van der Waals surface area contributed by atoms with Gasteiger partial charge in [0, 0.05) is 0 Å². The third kappa shape index (κ3) is 6.35. The zero-order valence-corrected chi connectivity index (χ0v) is 14.3. The van der Waals surface area contributed by atoms with Crippen LogP contribution in [0.4, 0.5) is 0 Å². The van der Waals surface area contributed by atoms with Crippen LogP contribution in [-0.2, 0) is 28.5 Å². The van der Waals surface area contributed by atoms with Crippen LogP contribution in [0.3, 0.4) is 0 Å². The second-order valence-corrected chi connectivity index (χ2v) is 5.50. The Labute approximate surface area is 142 Å². The lowest BCUT2D eigenvalue weighted by molar-refractivity contribution is -0.172. The van der Waals surface area contributed by atoms with E-state index in [-0.39, 0.29) is 52.5 Å². The van der Waals surface area contributed by atoms with E-state index < -0.39 is 36.0 Å². The molecule has 1 fully saturated rings. The normalized spacial score (nSPS) is 26.8. The molecule has 0 aliphatic heterocycles. The summed E-state index contributed by atoms with van der Waals surface area (Å²) < 4.78 is 20.7. The molecule has 0 aromatic carbocycles. The molecule has 140 valence electrons. The molecule has 24 heavy (non-hydrogen) atoms. The maximum absolute atomic E-state index is 12.2. The first-order valence-corrected chi connectivity index (χ1v) is 8.36. The van der Waals surface area contributed by atoms with E-state index >= 15 is 0 Å². The summed E-state index contributed by atoms with van der Waals surface area (Å²) in [6.45, 7) is 4.45. The Morgan fingerprint density at radius 2 is 1.54 bits per heavy atom. The van der Waals surface area contributed by atoms with Crippen LogP contribution in [0.5, 0.6) is 0 Å². The van der Waals surface area contributed by atoms with Gasteiger partial charge in [-0.2, -0.15) is 0 Å². The van der Waals surface area contributed by atoms with E-state index in [0.29, 0.717) is 0 Å². The lowest BCUT2D eigenvalue weighted by Gasteiger charge is -2.36. The lowest BCUT2D eigenvalue weighted by atomic mass is 9.76. The fourth-order valence-electron chi connectivity index (χ4n) is 2.77. The van der Waals surface area contributed by atoms with Crippen molar-refractivity contribution in [3.05, 3.63) is 0 Å². The summed E-state index contributed by atoms with van der Waals surface area (Å²) >= 11 is 0. The van der Waals surface area contributed by atoms with E-state index in [9.17, 15) is 14.7 Å². The van der Waals surface area contributed by atoms with Gasteiger partial charge in [0.05, 0.1) is 63.7 Å². The van der Waals surface area contributed by atoms with Crippen molar-refractivity contribution in [1.29, 1.82) is 0 Å². The number of hydrogen-bond acceptors (Lipinski definition) is 8. The molecule has 0 bridgehead atoms. The van der Waals surface area contributed by atoms with Gasteiger partial charge >= 0.3 is 11.9 Å². The van der Waals surface area contributed by atoms with Crippen LogP contribution in [0, 0.1) is 11.8 Å². The summed E-state index contributed by atoms with van der Waals surface area (Å²) in [4.78, 5) is 24.2. The van der Waals surface area contributed by atoms with Crippen LogP contribution < -0.4 is 0 Å². The quantitative estimate of drug-likeness (QED) is 0.416. The highest BCUT2D eigenvalue weighted by atomic mass is 16.5. The van der Waals surface area contributed by atoms with Crippen molar-refractivity contribution < 1.29 is 38.7 Å². The van der Waals surface area contributed by atoms with Gasteiger partial charge in [0.15, 0.2) is 0 Å². The van der Waals surface area contributed by atoms with Crippen LogP contribution in [0.2, 0.25) is 0 Å². The molecule has 1 aliphatic rings. The Kier molecular flexibility index (Phi) is 9.85. The van der Waals surface area contributed by atoms with E-state index in [1.54, 1.807) is 13.8 Å². The summed E-state index contributed by atoms with van der Waals surface area (Å²) in [5.74, 6) is -2.41. The number of carbonyl (C=O) groups is 2. The van der Waals surface area contributed by atoms with Crippen molar-refractivity contribution in [2.45, 2.75) is 38.9 Å². The molecule has 0 aromatic heterocycles. The molecule has 1 saturated carbocycles. The highest BCUT2D eigenvalue weighted by molar-refractivity contribution is 5.82. The number of rotatable bonds is 10. The molecular weight excluding hydrogens is 320 g/mol. The summed E-state index contributed by atoms with van der Waals surface area (Å²) in [5, 5.41) is 18.8. The maximum atomic E-state index is 12.2. The zero-order valence-electron chi connectivity index (χ0n) is 14.3. The average molecular weight is 348 g/mol. The lowest BCUT2D eigenvalue weighted by Crippen LogP contribution is -2.47. The van der Waals surface area contributed by atoms with Gasteiger partial charge in [-0.1, -0.05) is 0 Å². The largest absolute Gasteiger partial charge is 0.466 e. The second-order valence-electron chi connectivity index (χ2n) is 5.50. The molecule has 8 heteroatoms. The highest BCUT2D eigenvalue weighted by Gasteiger charge is 2.45. The molecule has 0 saturated heterocycles. The number of aliphatic hydroxyl groups is 2. The SMILES string of the molecule is CCOC(=O)[C@@H]1C[C@H](OCCOCCO)[C@@H](O)C[C@H]1C(=O)OCC. The Bertz CT molecular complexity index is 386. The third-order valence-electron chi connectivity index (χ3n) is 3.87. The molecule has 0 radical (unpaired) electrons. The molecule has 0 heterocycles. The number of esters is 2. The summed E-state index contributed by atoms with van der Waals surface area (Å²) in [6.07, 6.45) is -1.18. The number of ether oxygens (including phenoxy) is 4. The van der Waals surface area contributed by atoms with E-state index in [0.717, 1.165) is 0 Å². The number of aliphatic hydroxyl groups excluding tert-OH is 2. The van der Waals surface area contributed by atoms with Gasteiger partial charge in [0.25, 0.3) is 0 Å². The average Bonchev–Trinajstić information content (AvgIpc) is 2.56. The zero-order chi connectivity index (χ0) is 17.9. The summed E-state index contributed by atoms with van der Waals surface area (Å²) in [7, 11) is 0. The van der Waals surface area contributed by atoms with E-state index in [2.05, 4.69) is 0 Å². The molecule has 1 aliphatic carbocycles. The van der Waals surface area contributed by atoms with E-state index in [1.807, 2.05) is 0 Å². The predicted octanol–water partition coefficient (Wildman–Crippen LogP) is -0.106. The van der Waals surface area contributed by atoms with Gasteiger partial charge in [-0.25, -0.2) is 0 Å². The van der Waals surface area contributed by atoms with E-state index in [1.165, 1.54) is 0 Å². The minimum absolute atomic E-state index is 0.0712. The smallest absolute Gasteiger partial charge is 0.309 e. The summed E-state index contributed by atoms with van der Waals surface area (Å²) in [5.41, 5.74) is 0. The van der Waals surface area contributed by atoms with Crippen molar-refractivity contribution in [2.24, 2.45) is 11.8 Å². The molecule has 1 rings (SSSR count). The van der Waals surface area contributed by atoms with Crippen molar-refractivity contribution in [2.75, 3.05) is 39.6 Å². The van der Waals surface area contributed by atoms with Gasteiger partial charge in [-0.15, -0.1) is 0 Å². The molecule has 0 unspecified atom stereocenters.